The summed E-state index contributed by atoms with van der Waals surface area (Å²) in [5.41, 5.74) is 1.20. The molecule has 1 aromatic carbocycles. The number of imidazole rings is 1. The summed E-state index contributed by atoms with van der Waals surface area (Å²) in [6, 6.07) is 4.04. The van der Waals surface area contributed by atoms with Gasteiger partial charge < -0.3 is 9.72 Å². The fraction of sp³-hybridized carbons (Fsp3) is 0.167. The predicted molar refractivity (Wildman–Crippen MR) is 65.1 cm³/mol. The number of carbonyl (C=O) groups is 1. The molecule has 1 aromatic heterocycles. The van der Waals surface area contributed by atoms with Crippen LogP contribution in [-0.2, 0) is 4.74 Å². The van der Waals surface area contributed by atoms with Crippen molar-refractivity contribution in [3.05, 3.63) is 40.4 Å². The number of halogens is 2. The number of aromatic amines is 1. The highest BCUT2D eigenvalue weighted by Crippen LogP contribution is 2.23. The minimum Gasteiger partial charge on any atom is -0.464 e. The lowest BCUT2D eigenvalue weighted by molar-refractivity contribution is 0.0594. The number of aromatic nitrogens is 2. The Labute approximate surface area is 108 Å². The largest absolute Gasteiger partial charge is 0.464 e. The molecule has 2 rings (SSSR count). The normalized spacial score (nSPS) is 10.4. The third-order valence-electron chi connectivity index (χ3n) is 2.40. The van der Waals surface area contributed by atoms with Crippen LogP contribution in [0.15, 0.2) is 18.2 Å². The standard InChI is InChI=1S/C12H10ClFN2O2/c1-6-10(12(17)18-2)16-11(15-6)7-3-8(13)5-9(14)4-7/h3-5H,1-2H3,(H,15,16). The number of H-pyrrole nitrogens is 1. The van der Waals surface area contributed by atoms with Crippen LogP contribution in [0.25, 0.3) is 11.4 Å². The van der Waals surface area contributed by atoms with Gasteiger partial charge in [-0.1, -0.05) is 11.6 Å². The first kappa shape index (κ1) is 12.6. The van der Waals surface area contributed by atoms with Crippen LogP contribution < -0.4 is 0 Å². The molecule has 0 aliphatic rings. The van der Waals surface area contributed by atoms with Crippen LogP contribution in [0.3, 0.4) is 0 Å². The van der Waals surface area contributed by atoms with Crippen molar-refractivity contribution >= 4 is 17.6 Å². The SMILES string of the molecule is COC(=O)c1nc(-c2cc(F)cc(Cl)c2)[nH]c1C. The summed E-state index contributed by atoms with van der Waals surface area (Å²) in [6.45, 7) is 1.68. The first-order chi connectivity index (χ1) is 8.51. The van der Waals surface area contributed by atoms with Crippen LogP contribution in [0.2, 0.25) is 5.02 Å². The van der Waals surface area contributed by atoms with Crippen LogP contribution in [-0.4, -0.2) is 23.0 Å². The average Bonchev–Trinajstić information content (AvgIpc) is 2.69. The van der Waals surface area contributed by atoms with E-state index in [4.69, 9.17) is 11.6 Å². The molecule has 0 saturated carbocycles. The van der Waals surface area contributed by atoms with Crippen molar-refractivity contribution < 1.29 is 13.9 Å². The molecule has 0 aliphatic carbocycles. The number of carbonyl (C=O) groups excluding carboxylic acids is 1. The third kappa shape index (κ3) is 2.36. The zero-order chi connectivity index (χ0) is 13.3. The second kappa shape index (κ2) is 4.78. The zero-order valence-corrected chi connectivity index (χ0v) is 10.5. The first-order valence-corrected chi connectivity index (χ1v) is 5.50. The maximum Gasteiger partial charge on any atom is 0.358 e. The summed E-state index contributed by atoms with van der Waals surface area (Å²) in [5.74, 6) is -0.641. The number of hydrogen-bond acceptors (Lipinski definition) is 3. The van der Waals surface area contributed by atoms with Crippen LogP contribution in [0.5, 0.6) is 0 Å². The Balaban J connectivity index is 2.48. The van der Waals surface area contributed by atoms with Gasteiger partial charge in [-0.25, -0.2) is 14.2 Å². The molecule has 2 aromatic rings. The van der Waals surface area contributed by atoms with Crippen molar-refractivity contribution in [2.75, 3.05) is 7.11 Å². The molecule has 6 heteroatoms. The van der Waals surface area contributed by atoms with Crippen molar-refractivity contribution in [2.45, 2.75) is 6.92 Å². The van der Waals surface area contributed by atoms with E-state index in [1.807, 2.05) is 0 Å². The van der Waals surface area contributed by atoms with Crippen LogP contribution in [0.1, 0.15) is 16.2 Å². The highest BCUT2D eigenvalue weighted by Gasteiger charge is 2.16. The summed E-state index contributed by atoms with van der Waals surface area (Å²) in [6.07, 6.45) is 0. The molecule has 18 heavy (non-hydrogen) atoms. The molecule has 0 aliphatic heterocycles. The number of methoxy groups -OCH3 is 1. The molecule has 0 bridgehead atoms. The molecular formula is C12H10ClFN2O2. The number of esters is 1. The van der Waals surface area contributed by atoms with Crippen molar-refractivity contribution in [1.82, 2.24) is 9.97 Å². The fourth-order valence-corrected chi connectivity index (χ4v) is 1.80. The number of hydrogen-bond donors (Lipinski definition) is 1. The molecule has 94 valence electrons. The van der Waals surface area contributed by atoms with Gasteiger partial charge in [0.1, 0.15) is 11.6 Å². The van der Waals surface area contributed by atoms with Gasteiger partial charge in [0.05, 0.1) is 7.11 Å². The Hall–Kier alpha value is -1.88. The summed E-state index contributed by atoms with van der Waals surface area (Å²) < 4.78 is 17.8. The highest BCUT2D eigenvalue weighted by molar-refractivity contribution is 6.30. The molecule has 0 unspecified atom stereocenters. The summed E-state index contributed by atoms with van der Waals surface area (Å²) in [5, 5.41) is 0.263. The Morgan fingerprint density at radius 2 is 2.17 bits per heavy atom. The fourth-order valence-electron chi connectivity index (χ4n) is 1.58. The molecule has 0 fully saturated rings. The topological polar surface area (TPSA) is 55.0 Å². The minimum absolute atomic E-state index is 0.174. The van der Waals surface area contributed by atoms with E-state index < -0.39 is 11.8 Å². The van der Waals surface area contributed by atoms with E-state index in [0.29, 0.717) is 17.1 Å². The zero-order valence-electron chi connectivity index (χ0n) is 9.75. The smallest absolute Gasteiger partial charge is 0.358 e. The molecule has 0 saturated heterocycles. The lowest BCUT2D eigenvalue weighted by Gasteiger charge is -1.98. The van der Waals surface area contributed by atoms with E-state index in [-0.39, 0.29) is 10.7 Å². The molecule has 1 N–H and O–H groups in total. The second-order valence-corrected chi connectivity index (χ2v) is 4.15. The predicted octanol–water partition coefficient (Wildman–Crippen LogP) is 2.96. The van der Waals surface area contributed by atoms with Gasteiger partial charge in [0, 0.05) is 16.3 Å². The van der Waals surface area contributed by atoms with Gasteiger partial charge in [0.2, 0.25) is 0 Å². The maximum absolute atomic E-state index is 13.2. The van der Waals surface area contributed by atoms with Crippen molar-refractivity contribution in [3.63, 3.8) is 0 Å². The molecule has 0 amide bonds. The molecule has 0 spiro atoms. The Morgan fingerprint density at radius 3 is 2.78 bits per heavy atom. The highest BCUT2D eigenvalue weighted by atomic mass is 35.5. The Bertz CT molecular complexity index is 590. The number of ether oxygens (including phenoxy) is 1. The van der Waals surface area contributed by atoms with Gasteiger partial charge in [-0.15, -0.1) is 0 Å². The monoisotopic (exact) mass is 268 g/mol. The molecule has 0 atom stereocenters. The second-order valence-electron chi connectivity index (χ2n) is 3.71. The van der Waals surface area contributed by atoms with Crippen molar-refractivity contribution in [1.29, 1.82) is 0 Å². The van der Waals surface area contributed by atoms with Gasteiger partial charge in [-0.2, -0.15) is 0 Å². The quantitative estimate of drug-likeness (QED) is 0.852. The van der Waals surface area contributed by atoms with Gasteiger partial charge in [-0.05, 0) is 25.1 Å². The van der Waals surface area contributed by atoms with E-state index >= 15 is 0 Å². The van der Waals surface area contributed by atoms with Crippen LogP contribution in [0, 0.1) is 12.7 Å². The van der Waals surface area contributed by atoms with E-state index in [0.717, 1.165) is 0 Å². The average molecular weight is 269 g/mol. The number of nitrogens with zero attached hydrogens (tertiary/aromatic N) is 1. The Morgan fingerprint density at radius 1 is 1.44 bits per heavy atom. The van der Waals surface area contributed by atoms with E-state index in [1.165, 1.54) is 19.2 Å². The first-order valence-electron chi connectivity index (χ1n) is 5.12. The van der Waals surface area contributed by atoms with Gasteiger partial charge in [0.25, 0.3) is 0 Å². The number of aryl methyl sites for hydroxylation is 1. The van der Waals surface area contributed by atoms with E-state index in [2.05, 4.69) is 14.7 Å². The van der Waals surface area contributed by atoms with Crippen LogP contribution >= 0.6 is 11.6 Å². The number of nitrogens with one attached hydrogen (secondary N) is 1. The summed E-state index contributed by atoms with van der Waals surface area (Å²) in [4.78, 5) is 18.4. The molecule has 0 radical (unpaired) electrons. The van der Waals surface area contributed by atoms with Crippen molar-refractivity contribution in [2.24, 2.45) is 0 Å². The lowest BCUT2D eigenvalue weighted by atomic mass is 10.2. The minimum atomic E-state index is -0.544. The van der Waals surface area contributed by atoms with E-state index in [9.17, 15) is 9.18 Å². The van der Waals surface area contributed by atoms with Gasteiger partial charge in [-0.3, -0.25) is 0 Å². The lowest BCUT2D eigenvalue weighted by Crippen LogP contribution is -2.03. The third-order valence-corrected chi connectivity index (χ3v) is 2.62. The van der Waals surface area contributed by atoms with E-state index in [1.54, 1.807) is 13.0 Å². The molecule has 4 nitrogen and oxygen atoms in total. The maximum atomic E-state index is 13.2. The summed E-state index contributed by atoms with van der Waals surface area (Å²) >= 11 is 5.76. The number of rotatable bonds is 2. The van der Waals surface area contributed by atoms with Gasteiger partial charge in [0.15, 0.2) is 5.69 Å². The van der Waals surface area contributed by atoms with Crippen molar-refractivity contribution in [3.8, 4) is 11.4 Å². The molecular weight excluding hydrogens is 259 g/mol. The molecule has 1 heterocycles. The Kier molecular flexibility index (Phi) is 3.34. The van der Waals surface area contributed by atoms with Crippen LogP contribution in [0.4, 0.5) is 4.39 Å². The van der Waals surface area contributed by atoms with Gasteiger partial charge >= 0.3 is 5.97 Å². The number of benzene rings is 1. The summed E-state index contributed by atoms with van der Waals surface area (Å²) in [7, 11) is 1.27.